The third-order valence-corrected chi connectivity index (χ3v) is 3.98. The van der Waals surface area contributed by atoms with Gasteiger partial charge in [-0.3, -0.25) is 4.90 Å². The largest absolute Gasteiger partial charge is 0.308 e. The van der Waals surface area contributed by atoms with Gasteiger partial charge >= 0.3 is 0 Å². The number of hydrogen-bond donors (Lipinski definition) is 0. The zero-order chi connectivity index (χ0) is 11.3. The van der Waals surface area contributed by atoms with Crippen LogP contribution in [0, 0.1) is 5.92 Å². The Morgan fingerprint density at radius 2 is 1.50 bits per heavy atom. The van der Waals surface area contributed by atoms with Gasteiger partial charge in [0.05, 0.1) is 0 Å². The minimum atomic E-state index is 0.663. The predicted molar refractivity (Wildman–Crippen MR) is 67.2 cm³/mol. The Morgan fingerprint density at radius 3 is 1.94 bits per heavy atom. The molecule has 0 N–H and O–H groups in total. The van der Waals surface area contributed by atoms with E-state index in [9.17, 15) is 0 Å². The summed E-state index contributed by atoms with van der Waals surface area (Å²) in [7, 11) is 0. The maximum absolute atomic E-state index is 2.55. The van der Waals surface area contributed by atoms with E-state index in [1.165, 1.54) is 12.8 Å². The van der Waals surface area contributed by atoms with Crippen LogP contribution < -0.4 is 0 Å². The van der Waals surface area contributed by atoms with E-state index in [1.807, 2.05) is 0 Å². The molecule has 0 aromatic heterocycles. The first-order valence-electron chi connectivity index (χ1n) is 6.32. The van der Waals surface area contributed by atoms with Gasteiger partial charge in [0, 0.05) is 19.1 Å². The molecule has 0 radical (unpaired) electrons. The average molecular weight is 214 g/mol. The summed E-state index contributed by atoms with van der Waals surface area (Å²) in [5.74, 6) is 1.62. The zero-order valence-electron chi connectivity index (χ0n) is 10.5. The molecule has 0 bridgehead atoms. The first-order valence-corrected chi connectivity index (χ1v) is 6.32. The second kappa shape index (κ2) is 3.59. The molecule has 86 valence electrons. The quantitative estimate of drug-likeness (QED) is 0.649. The Bertz CT molecular complexity index is 385. The van der Waals surface area contributed by atoms with Gasteiger partial charge in [0.1, 0.15) is 0 Å². The molecule has 2 aliphatic rings. The summed E-state index contributed by atoms with van der Waals surface area (Å²) in [5, 5.41) is 0. The minimum absolute atomic E-state index is 0.663. The smallest absolute Gasteiger partial charge is 0.0243 e. The van der Waals surface area contributed by atoms with Crippen LogP contribution >= 0.6 is 0 Å². The van der Waals surface area contributed by atoms with Crippen molar-refractivity contribution in [1.82, 2.24) is 4.90 Å². The average Bonchev–Trinajstić information content (AvgIpc) is 2.74. The lowest BCUT2D eigenvalue weighted by molar-refractivity contribution is 0.227. The van der Waals surface area contributed by atoms with E-state index >= 15 is 0 Å². The summed E-state index contributed by atoms with van der Waals surface area (Å²) in [4.78, 5) is 2.55. The van der Waals surface area contributed by atoms with Gasteiger partial charge in [-0.15, -0.1) is 0 Å². The second-order valence-corrected chi connectivity index (χ2v) is 5.70. The third-order valence-electron chi connectivity index (χ3n) is 3.98. The van der Waals surface area contributed by atoms with Crippen LogP contribution in [0.4, 0.5) is 0 Å². The minimum Gasteiger partial charge on any atom is -0.308 e. The van der Waals surface area contributed by atoms with Gasteiger partial charge in [0.2, 0.25) is 0 Å². The summed E-state index contributed by atoms with van der Waals surface area (Å²) in [6, 6.07) is 5.59. The monoisotopic (exact) mass is 214 g/mol. The van der Waals surface area contributed by atoms with Crippen molar-refractivity contribution in [3.05, 3.63) is 40.3 Å². The van der Waals surface area contributed by atoms with E-state index in [1.54, 1.807) is 28.2 Å². The first kappa shape index (κ1) is 10.3. The number of fused-ring (bicyclic) bond motifs is 2. The summed E-state index contributed by atoms with van der Waals surface area (Å²) in [5.41, 5.74) is 6.31. The van der Waals surface area contributed by atoms with E-state index in [4.69, 9.17) is 0 Å². The normalized spacial score (nSPS) is 20.5. The van der Waals surface area contributed by atoms with Crippen LogP contribution in [-0.2, 0) is 25.9 Å². The molecule has 0 spiro atoms. The van der Waals surface area contributed by atoms with Gasteiger partial charge in [-0.2, -0.15) is 19.8 Å². The topological polar surface area (TPSA) is 3.24 Å². The third kappa shape index (κ3) is 1.58. The molecule has 0 saturated carbocycles. The number of hydrogen-bond acceptors (Lipinski definition) is 1. The van der Waals surface area contributed by atoms with Crippen LogP contribution in [0.2, 0.25) is 0 Å². The maximum atomic E-state index is 2.55. The van der Waals surface area contributed by atoms with Crippen molar-refractivity contribution in [2.45, 2.75) is 52.7 Å². The van der Waals surface area contributed by atoms with Gasteiger partial charge in [0.25, 0.3) is 0 Å². The van der Waals surface area contributed by atoms with Gasteiger partial charge in [-0.25, -0.2) is 0 Å². The second-order valence-electron chi connectivity index (χ2n) is 5.70. The Hall–Kier alpha value is -0.820. The van der Waals surface area contributed by atoms with Gasteiger partial charge in [-0.05, 0) is 25.0 Å². The van der Waals surface area contributed by atoms with E-state index < -0.39 is 0 Å². The molecule has 0 unspecified atom stereocenters. The fourth-order valence-corrected chi connectivity index (χ4v) is 2.99. The molecule has 0 atom stereocenters. The van der Waals surface area contributed by atoms with Crippen molar-refractivity contribution in [2.75, 3.05) is 0 Å². The van der Waals surface area contributed by atoms with E-state index in [2.05, 4.69) is 37.8 Å². The molecule has 1 aliphatic carbocycles. The highest BCUT2D eigenvalue weighted by molar-refractivity contribution is 5.45. The summed E-state index contributed by atoms with van der Waals surface area (Å²) in [6.45, 7) is 9.17. The lowest BCUT2D eigenvalue weighted by Crippen LogP contribution is -2.24. The van der Waals surface area contributed by atoms with Crippen LogP contribution in [0.1, 0.15) is 43.0 Å². The van der Waals surface area contributed by atoms with Crippen LogP contribution in [0.15, 0.2) is 12.1 Å². The number of rotatable bonds is 1. The van der Waals surface area contributed by atoms with E-state index in [0.29, 0.717) is 6.04 Å². The molecular formula is C15H20N-. The summed E-state index contributed by atoms with van der Waals surface area (Å²) in [6.07, 6.45) is 2.43. The van der Waals surface area contributed by atoms with Crippen molar-refractivity contribution in [3.8, 4) is 0 Å². The molecule has 1 aliphatic heterocycles. The molecule has 1 heterocycles. The fourth-order valence-electron chi connectivity index (χ4n) is 2.99. The maximum Gasteiger partial charge on any atom is 0.0243 e. The van der Waals surface area contributed by atoms with Gasteiger partial charge in [-0.1, -0.05) is 23.3 Å². The lowest BCUT2D eigenvalue weighted by atomic mass is 10.0. The number of nitrogens with zero attached hydrogens (tertiary/aromatic N) is 1. The zero-order valence-corrected chi connectivity index (χ0v) is 10.5. The van der Waals surface area contributed by atoms with Crippen molar-refractivity contribution < 1.29 is 0 Å². The van der Waals surface area contributed by atoms with Crippen molar-refractivity contribution in [3.63, 3.8) is 0 Å². The first-order chi connectivity index (χ1) is 7.63. The van der Waals surface area contributed by atoms with Crippen LogP contribution in [-0.4, -0.2) is 10.9 Å². The Morgan fingerprint density at radius 1 is 1.00 bits per heavy atom. The molecule has 1 heteroatoms. The van der Waals surface area contributed by atoms with Crippen molar-refractivity contribution >= 4 is 0 Å². The molecule has 0 fully saturated rings. The van der Waals surface area contributed by atoms with Crippen LogP contribution in [0.5, 0.6) is 0 Å². The van der Waals surface area contributed by atoms with Gasteiger partial charge in [0.15, 0.2) is 0 Å². The molecule has 1 aromatic rings. The van der Waals surface area contributed by atoms with Crippen LogP contribution in [0.3, 0.4) is 0 Å². The van der Waals surface area contributed by atoms with E-state index in [-0.39, 0.29) is 0 Å². The highest BCUT2D eigenvalue weighted by Gasteiger charge is 2.22. The molecule has 0 amide bonds. The molecule has 0 saturated heterocycles. The highest BCUT2D eigenvalue weighted by Crippen LogP contribution is 2.34. The SMILES string of the molecule is C[C-]1Cc2cc3c(cc2C1)CN(C(C)C)C3. The Balaban J connectivity index is 1.92. The molecule has 16 heavy (non-hydrogen) atoms. The lowest BCUT2D eigenvalue weighted by Gasteiger charge is -2.19. The Kier molecular flexibility index (Phi) is 2.32. The Labute approximate surface area is 98.5 Å². The molecule has 1 nitrogen and oxygen atoms in total. The highest BCUT2D eigenvalue weighted by atomic mass is 15.2. The molecular weight excluding hydrogens is 194 g/mol. The molecule has 1 aromatic carbocycles. The van der Waals surface area contributed by atoms with Crippen LogP contribution in [0.25, 0.3) is 0 Å². The number of benzene rings is 1. The van der Waals surface area contributed by atoms with E-state index in [0.717, 1.165) is 13.1 Å². The fraction of sp³-hybridized carbons (Fsp3) is 0.533. The van der Waals surface area contributed by atoms with Crippen molar-refractivity contribution in [2.24, 2.45) is 0 Å². The molecule has 3 rings (SSSR count). The summed E-state index contributed by atoms with van der Waals surface area (Å²) >= 11 is 0. The van der Waals surface area contributed by atoms with Crippen molar-refractivity contribution in [1.29, 1.82) is 0 Å². The summed E-state index contributed by atoms with van der Waals surface area (Å²) < 4.78 is 0. The van der Waals surface area contributed by atoms with Gasteiger partial charge < -0.3 is 5.92 Å². The predicted octanol–water partition coefficient (Wildman–Crippen LogP) is 3.10. The standard InChI is InChI=1S/C15H20N/c1-10(2)16-8-14-6-12-4-11(3)5-13(12)7-15(14)9-16/h6-7,10H,4-5,8-9H2,1-3H3/q-1.